The summed E-state index contributed by atoms with van der Waals surface area (Å²) in [5.41, 5.74) is 1.45. The number of rotatable bonds is 7. The number of likely N-dealkylation sites (tertiary alicyclic amines) is 1. The standard InChI is InChI=1S/C27H42N4O7/c1-17-22(24(32)35-8)13-20(36-21-15-30(16-21)26(34)37-27(2,3)4)14-23(17)28-18-9-11-19(12-10-18)29-25(33)38-31(5,6)7/h13-14,18-19,21,28H,9-12,15-16H2,1-8H3/p+1. The van der Waals surface area contributed by atoms with Crippen molar-refractivity contribution in [1.82, 2.24) is 10.2 Å². The third-order valence-electron chi connectivity index (χ3n) is 6.35. The van der Waals surface area contributed by atoms with Crippen molar-refractivity contribution in [1.29, 1.82) is 0 Å². The Bertz CT molecular complexity index is 1020. The molecule has 1 aliphatic heterocycles. The maximum Gasteiger partial charge on any atom is 0.461 e. The summed E-state index contributed by atoms with van der Waals surface area (Å²) >= 11 is 0. The Hall–Kier alpha value is -3.21. The number of ether oxygens (including phenoxy) is 3. The van der Waals surface area contributed by atoms with Gasteiger partial charge in [-0.15, -0.1) is 4.65 Å². The average molecular weight is 536 g/mol. The van der Waals surface area contributed by atoms with Crippen LogP contribution in [0.4, 0.5) is 15.3 Å². The lowest BCUT2D eigenvalue weighted by atomic mass is 9.90. The van der Waals surface area contributed by atoms with E-state index in [1.807, 2.05) is 33.8 Å². The molecule has 0 radical (unpaired) electrons. The molecule has 2 N–H and O–H groups in total. The highest BCUT2D eigenvalue weighted by molar-refractivity contribution is 5.93. The summed E-state index contributed by atoms with van der Waals surface area (Å²) in [5.74, 6) is 0.0920. The summed E-state index contributed by atoms with van der Waals surface area (Å²) < 4.78 is 16.6. The number of amides is 2. The van der Waals surface area contributed by atoms with Crippen LogP contribution in [0.25, 0.3) is 0 Å². The van der Waals surface area contributed by atoms with E-state index in [1.165, 1.54) is 7.11 Å². The molecule has 3 rings (SSSR count). The van der Waals surface area contributed by atoms with Gasteiger partial charge in [0, 0.05) is 23.8 Å². The Balaban J connectivity index is 1.61. The van der Waals surface area contributed by atoms with Crippen LogP contribution in [0, 0.1) is 6.92 Å². The van der Waals surface area contributed by atoms with Crippen LogP contribution < -0.4 is 15.4 Å². The van der Waals surface area contributed by atoms with E-state index in [1.54, 1.807) is 32.1 Å². The second-order valence-electron chi connectivity index (χ2n) is 11.9. The van der Waals surface area contributed by atoms with E-state index in [2.05, 4.69) is 10.6 Å². The van der Waals surface area contributed by atoms with Gasteiger partial charge in [0.05, 0.1) is 25.8 Å². The Morgan fingerprint density at radius 2 is 1.61 bits per heavy atom. The molecular weight excluding hydrogens is 492 g/mol. The molecule has 1 saturated carbocycles. The minimum absolute atomic E-state index is 0.0556. The van der Waals surface area contributed by atoms with Crippen LogP contribution >= 0.6 is 0 Å². The molecule has 0 spiro atoms. The zero-order valence-corrected chi connectivity index (χ0v) is 23.9. The van der Waals surface area contributed by atoms with Crippen molar-refractivity contribution in [3.63, 3.8) is 0 Å². The van der Waals surface area contributed by atoms with Gasteiger partial charge in [0.1, 0.15) is 38.6 Å². The largest absolute Gasteiger partial charge is 0.487 e. The van der Waals surface area contributed by atoms with E-state index < -0.39 is 17.7 Å². The molecule has 0 aromatic heterocycles. The van der Waals surface area contributed by atoms with E-state index in [4.69, 9.17) is 19.0 Å². The zero-order valence-electron chi connectivity index (χ0n) is 23.9. The van der Waals surface area contributed by atoms with E-state index >= 15 is 0 Å². The molecule has 0 bridgehead atoms. The van der Waals surface area contributed by atoms with Crippen molar-refractivity contribution >= 4 is 23.8 Å². The normalized spacial score (nSPS) is 20.2. The third kappa shape index (κ3) is 8.41. The van der Waals surface area contributed by atoms with E-state index in [0.29, 0.717) is 24.4 Å². The first kappa shape index (κ1) is 29.3. The van der Waals surface area contributed by atoms with Gasteiger partial charge >= 0.3 is 18.2 Å². The maximum absolute atomic E-state index is 12.5. The van der Waals surface area contributed by atoms with Crippen LogP contribution in [-0.4, -0.2) is 92.8 Å². The molecule has 38 heavy (non-hydrogen) atoms. The molecule has 11 nitrogen and oxygen atoms in total. The van der Waals surface area contributed by atoms with Crippen molar-refractivity contribution in [2.45, 2.75) is 77.2 Å². The van der Waals surface area contributed by atoms with Crippen LogP contribution in [0.1, 0.15) is 62.4 Å². The number of esters is 1. The molecule has 1 aromatic rings. The van der Waals surface area contributed by atoms with Crippen molar-refractivity contribution in [2.75, 3.05) is 46.7 Å². The van der Waals surface area contributed by atoms with Crippen LogP contribution in [0.2, 0.25) is 0 Å². The highest BCUT2D eigenvalue weighted by Crippen LogP contribution is 2.32. The second kappa shape index (κ2) is 11.7. The Kier molecular flexibility index (Phi) is 9.01. The van der Waals surface area contributed by atoms with Gasteiger partial charge in [0.2, 0.25) is 0 Å². The van der Waals surface area contributed by atoms with Gasteiger partial charge in [-0.2, -0.15) is 0 Å². The molecule has 1 saturated heterocycles. The predicted molar refractivity (Wildman–Crippen MR) is 142 cm³/mol. The summed E-state index contributed by atoms with van der Waals surface area (Å²) in [6, 6.07) is 3.80. The minimum Gasteiger partial charge on any atom is -0.487 e. The molecule has 11 heteroatoms. The zero-order chi connectivity index (χ0) is 28.3. The molecule has 1 aliphatic carbocycles. The van der Waals surface area contributed by atoms with Crippen molar-refractivity contribution in [2.24, 2.45) is 0 Å². The fourth-order valence-electron chi connectivity index (χ4n) is 4.45. The maximum atomic E-state index is 12.5. The number of hydroxylamine groups is 3. The second-order valence-corrected chi connectivity index (χ2v) is 11.9. The highest BCUT2D eigenvalue weighted by atomic mass is 16.7. The number of methoxy groups -OCH3 is 1. The van der Waals surface area contributed by atoms with Gasteiger partial charge in [0.25, 0.3) is 0 Å². The molecule has 2 fully saturated rings. The summed E-state index contributed by atoms with van der Waals surface area (Å²) in [5, 5.41) is 6.51. The lowest BCUT2D eigenvalue weighted by Gasteiger charge is -2.39. The lowest BCUT2D eigenvalue weighted by Crippen LogP contribution is -2.57. The smallest absolute Gasteiger partial charge is 0.461 e. The van der Waals surface area contributed by atoms with Crippen LogP contribution in [0.5, 0.6) is 5.75 Å². The monoisotopic (exact) mass is 535 g/mol. The summed E-state index contributed by atoms with van der Waals surface area (Å²) in [6.07, 6.45) is 2.34. The van der Waals surface area contributed by atoms with Gasteiger partial charge in [-0.3, -0.25) is 4.84 Å². The first-order valence-electron chi connectivity index (χ1n) is 13.1. The van der Waals surface area contributed by atoms with E-state index in [9.17, 15) is 14.4 Å². The predicted octanol–water partition coefficient (Wildman–Crippen LogP) is 3.85. The van der Waals surface area contributed by atoms with Gasteiger partial charge in [-0.25, -0.2) is 14.4 Å². The van der Waals surface area contributed by atoms with Gasteiger partial charge < -0.3 is 29.7 Å². The van der Waals surface area contributed by atoms with Gasteiger partial charge in [-0.1, -0.05) is 0 Å². The molecule has 0 unspecified atom stereocenters. The number of quaternary nitrogens is 1. The topological polar surface area (TPSA) is 115 Å². The molecule has 212 valence electrons. The fourth-order valence-corrected chi connectivity index (χ4v) is 4.45. The SMILES string of the molecule is COC(=O)c1cc(OC2CN(C(=O)OC(C)(C)C)C2)cc(NC2CCC(NC(=O)O[N+](C)(C)C)CC2)c1C. The molecule has 2 amide bonds. The van der Waals surface area contributed by atoms with Crippen LogP contribution in [-0.2, 0) is 14.3 Å². The number of nitrogens with one attached hydrogen (secondary N) is 2. The molecule has 0 atom stereocenters. The Morgan fingerprint density at radius 1 is 1.00 bits per heavy atom. The Labute approximate surface area is 225 Å². The highest BCUT2D eigenvalue weighted by Gasteiger charge is 2.35. The lowest BCUT2D eigenvalue weighted by molar-refractivity contribution is -1.04. The van der Waals surface area contributed by atoms with Gasteiger partial charge in [0.15, 0.2) is 0 Å². The number of anilines is 1. The minimum atomic E-state index is -0.555. The first-order chi connectivity index (χ1) is 17.6. The number of nitrogens with zero attached hydrogens (tertiary/aromatic N) is 2. The number of hydrogen-bond donors (Lipinski definition) is 2. The van der Waals surface area contributed by atoms with Crippen molar-refractivity contribution in [3.05, 3.63) is 23.3 Å². The Morgan fingerprint density at radius 3 is 2.16 bits per heavy atom. The van der Waals surface area contributed by atoms with E-state index in [0.717, 1.165) is 36.9 Å². The number of benzene rings is 1. The van der Waals surface area contributed by atoms with Gasteiger partial charge in [-0.05, 0) is 65.0 Å². The molecule has 2 aliphatic rings. The van der Waals surface area contributed by atoms with E-state index in [-0.39, 0.29) is 28.9 Å². The van der Waals surface area contributed by atoms with Crippen molar-refractivity contribution < 1.29 is 38.1 Å². The summed E-state index contributed by atoms with van der Waals surface area (Å²) in [6.45, 7) is 8.19. The number of carbonyl (C=O) groups excluding carboxylic acids is 3. The van der Waals surface area contributed by atoms with Crippen LogP contribution in [0.3, 0.4) is 0 Å². The number of hydrogen-bond acceptors (Lipinski definition) is 8. The molecular formula is C27H43N4O7+. The molecule has 1 aromatic carbocycles. The third-order valence-corrected chi connectivity index (χ3v) is 6.35. The van der Waals surface area contributed by atoms with Crippen molar-refractivity contribution in [3.8, 4) is 5.75 Å². The molecule has 1 heterocycles. The summed E-state index contributed by atoms with van der Waals surface area (Å²) in [4.78, 5) is 43.7. The fraction of sp³-hybridized carbons (Fsp3) is 0.667. The summed E-state index contributed by atoms with van der Waals surface area (Å²) in [7, 11) is 6.70. The van der Waals surface area contributed by atoms with Crippen LogP contribution in [0.15, 0.2) is 12.1 Å². The number of carbonyl (C=O) groups is 3. The first-order valence-corrected chi connectivity index (χ1v) is 13.1. The average Bonchev–Trinajstić information content (AvgIpc) is 2.76. The quantitative estimate of drug-likeness (QED) is 0.307.